The monoisotopic (exact) mass is 781 g/mol. The average Bonchev–Trinajstić information content (AvgIpc) is 4.00. The minimum absolute atomic E-state index is 1.17. The number of rotatable bonds is 4. The molecule has 12 aromatic rings. The summed E-state index contributed by atoms with van der Waals surface area (Å²) in [4.78, 5) is 0. The number of aromatic nitrogens is 3. The van der Waals surface area contributed by atoms with Crippen molar-refractivity contribution in [2.75, 3.05) is 0 Å². The zero-order chi connectivity index (χ0) is 39.7. The molecule has 0 radical (unpaired) electrons. The van der Waals surface area contributed by atoms with Crippen molar-refractivity contribution in [3.63, 3.8) is 0 Å². The third-order valence-electron chi connectivity index (χ3n) is 13.4. The van der Waals surface area contributed by atoms with Crippen molar-refractivity contribution >= 4 is 83.9 Å². The van der Waals surface area contributed by atoms with E-state index in [1.807, 2.05) is 0 Å². The molecule has 0 saturated heterocycles. The van der Waals surface area contributed by atoms with Crippen LogP contribution in [0, 0.1) is 0 Å². The van der Waals surface area contributed by atoms with Gasteiger partial charge in [0.25, 0.3) is 0 Å². The Bertz CT molecular complexity index is 3750. The predicted octanol–water partition coefficient (Wildman–Crippen LogP) is 13.4. The van der Waals surface area contributed by atoms with Gasteiger partial charge >= 0.3 is 0 Å². The van der Waals surface area contributed by atoms with E-state index < -0.39 is 8.07 Å². The van der Waals surface area contributed by atoms with Gasteiger partial charge in [-0.1, -0.05) is 147 Å². The van der Waals surface area contributed by atoms with Crippen molar-refractivity contribution in [3.8, 4) is 39.3 Å². The van der Waals surface area contributed by atoms with Gasteiger partial charge in [0, 0.05) is 49.3 Å². The molecule has 4 heterocycles. The second-order valence-electron chi connectivity index (χ2n) is 16.9. The van der Waals surface area contributed by atoms with Crippen LogP contribution in [0.4, 0.5) is 0 Å². The van der Waals surface area contributed by atoms with Crippen molar-refractivity contribution in [1.82, 2.24) is 13.7 Å². The van der Waals surface area contributed by atoms with E-state index in [-0.39, 0.29) is 0 Å². The van der Waals surface area contributed by atoms with Gasteiger partial charge in [0.05, 0.1) is 38.8 Å². The predicted molar refractivity (Wildman–Crippen MR) is 257 cm³/mol. The highest BCUT2D eigenvalue weighted by atomic mass is 28.3. The molecule has 4 heteroatoms. The summed E-state index contributed by atoms with van der Waals surface area (Å²) in [6.45, 7) is 5.04. The van der Waals surface area contributed by atoms with Crippen LogP contribution in [-0.2, 0) is 0 Å². The van der Waals surface area contributed by atoms with E-state index in [1.54, 1.807) is 0 Å². The number of fused-ring (bicyclic) bond motifs is 13. The van der Waals surface area contributed by atoms with Crippen LogP contribution in [0.1, 0.15) is 0 Å². The number of para-hydroxylation sites is 5. The summed E-state index contributed by atoms with van der Waals surface area (Å²) in [6, 6.07) is 74.3. The van der Waals surface area contributed by atoms with Gasteiger partial charge in [-0.3, -0.25) is 0 Å². The molecule has 60 heavy (non-hydrogen) atoms. The molecule has 0 aliphatic carbocycles. The molecule has 9 aromatic carbocycles. The average molecular weight is 782 g/mol. The topological polar surface area (TPSA) is 14.8 Å². The normalized spacial score (nSPS) is 13.3. The Morgan fingerprint density at radius 3 is 1.58 bits per heavy atom. The van der Waals surface area contributed by atoms with Crippen LogP contribution in [0.5, 0.6) is 0 Å². The summed E-state index contributed by atoms with van der Waals surface area (Å²) in [6.07, 6.45) is 0. The Balaban J connectivity index is 1.05. The zero-order valence-electron chi connectivity index (χ0n) is 33.4. The Morgan fingerprint density at radius 2 is 0.833 bits per heavy atom. The van der Waals surface area contributed by atoms with Gasteiger partial charge in [0.1, 0.15) is 8.07 Å². The van der Waals surface area contributed by atoms with Crippen molar-refractivity contribution < 1.29 is 0 Å². The van der Waals surface area contributed by atoms with Crippen LogP contribution in [0.15, 0.2) is 200 Å². The first-order chi connectivity index (χ1) is 29.6. The second-order valence-corrected chi connectivity index (χ2v) is 21.2. The van der Waals surface area contributed by atoms with Crippen LogP contribution in [0.2, 0.25) is 13.1 Å². The molecule has 282 valence electrons. The fourth-order valence-corrected chi connectivity index (χ4v) is 14.4. The van der Waals surface area contributed by atoms with E-state index in [2.05, 4.69) is 227 Å². The lowest BCUT2D eigenvalue weighted by molar-refractivity contribution is 1.17. The summed E-state index contributed by atoms with van der Waals surface area (Å²) in [7, 11) is -1.98. The molecule has 0 bridgehead atoms. The standard InChI is InChI=1S/C56H39N3Si/c1-60(2)53-30-15-10-21-40(53)41-24-16-29-52(56(41)60)59-46-26-12-7-20-39(46)44-35-36(31-32-49(44)59)38-19-6-11-25-45(38)58-48-28-14-9-23-43(48)55-51(58)34-33-50-54(55)42-22-8-13-27-47(42)57(50)37-17-4-3-5-18-37/h3-35H,1-2H3. The lowest BCUT2D eigenvalue weighted by Crippen LogP contribution is -2.50. The van der Waals surface area contributed by atoms with Crippen LogP contribution in [0.25, 0.3) is 105 Å². The summed E-state index contributed by atoms with van der Waals surface area (Å²) >= 11 is 0. The van der Waals surface area contributed by atoms with E-state index in [0.717, 1.165) is 0 Å². The van der Waals surface area contributed by atoms with Gasteiger partial charge in [-0.05, 0) is 93.8 Å². The lowest BCUT2D eigenvalue weighted by atomic mass is 10.0. The molecule has 3 aromatic heterocycles. The fourth-order valence-electron chi connectivity index (χ4n) is 11.0. The second kappa shape index (κ2) is 12.3. The van der Waals surface area contributed by atoms with Gasteiger partial charge in [-0.2, -0.15) is 0 Å². The molecule has 13 rings (SSSR count). The molecule has 1 aliphatic rings. The Hall–Kier alpha value is -7.40. The molecule has 3 nitrogen and oxygen atoms in total. The van der Waals surface area contributed by atoms with Crippen LogP contribution >= 0.6 is 0 Å². The Labute approximate surface area is 348 Å². The van der Waals surface area contributed by atoms with Gasteiger partial charge in [-0.15, -0.1) is 0 Å². The largest absolute Gasteiger partial charge is 0.309 e. The Kier molecular flexibility index (Phi) is 6.88. The fraction of sp³-hybridized carbons (Fsp3) is 0.0357. The summed E-state index contributed by atoms with van der Waals surface area (Å²) in [5.74, 6) is 0. The summed E-state index contributed by atoms with van der Waals surface area (Å²) in [5.41, 5.74) is 16.2. The van der Waals surface area contributed by atoms with Gasteiger partial charge in [-0.25, -0.2) is 0 Å². The molecule has 0 unspecified atom stereocenters. The molecule has 0 N–H and O–H groups in total. The summed E-state index contributed by atoms with van der Waals surface area (Å²) in [5, 5.41) is 10.7. The third kappa shape index (κ3) is 4.43. The highest BCUT2D eigenvalue weighted by Gasteiger charge is 2.39. The minimum Gasteiger partial charge on any atom is -0.309 e. The van der Waals surface area contributed by atoms with Gasteiger partial charge in [0.15, 0.2) is 0 Å². The van der Waals surface area contributed by atoms with Crippen LogP contribution in [0.3, 0.4) is 0 Å². The minimum atomic E-state index is -1.98. The SMILES string of the molecule is C[Si]1(C)c2ccccc2-c2cccc(-n3c4ccccc4c4cc(-c5ccccc5-n5c6ccccc6c6c7c8ccccc8n(-c8ccccc8)c7ccc65)ccc43)c21. The van der Waals surface area contributed by atoms with Crippen LogP contribution < -0.4 is 10.4 Å². The van der Waals surface area contributed by atoms with E-state index in [0.29, 0.717) is 0 Å². The first-order valence-corrected chi connectivity index (χ1v) is 24.0. The first kappa shape index (κ1) is 33.6. The molecule has 0 saturated carbocycles. The van der Waals surface area contributed by atoms with Crippen molar-refractivity contribution in [3.05, 3.63) is 200 Å². The summed E-state index contributed by atoms with van der Waals surface area (Å²) < 4.78 is 7.46. The highest BCUT2D eigenvalue weighted by Crippen LogP contribution is 2.44. The quantitative estimate of drug-likeness (QED) is 0.158. The van der Waals surface area contributed by atoms with Gasteiger partial charge < -0.3 is 13.7 Å². The molecule has 0 amide bonds. The first-order valence-electron chi connectivity index (χ1n) is 21.0. The smallest absolute Gasteiger partial charge is 0.116 e. The van der Waals surface area contributed by atoms with E-state index in [1.165, 1.54) is 115 Å². The third-order valence-corrected chi connectivity index (χ3v) is 17.0. The number of benzene rings is 9. The molecular formula is C56H39N3Si. The number of nitrogens with zero attached hydrogens (tertiary/aromatic N) is 3. The molecule has 0 atom stereocenters. The molecule has 0 fully saturated rings. The number of hydrogen-bond acceptors (Lipinski definition) is 0. The van der Waals surface area contributed by atoms with E-state index >= 15 is 0 Å². The van der Waals surface area contributed by atoms with Crippen molar-refractivity contribution in [2.45, 2.75) is 13.1 Å². The zero-order valence-corrected chi connectivity index (χ0v) is 34.4. The highest BCUT2D eigenvalue weighted by molar-refractivity contribution is 7.04. The maximum Gasteiger partial charge on any atom is 0.116 e. The van der Waals surface area contributed by atoms with Crippen molar-refractivity contribution in [2.24, 2.45) is 0 Å². The Morgan fingerprint density at radius 1 is 0.333 bits per heavy atom. The van der Waals surface area contributed by atoms with Crippen molar-refractivity contribution in [1.29, 1.82) is 0 Å². The maximum atomic E-state index is 2.55. The maximum absolute atomic E-state index is 2.55. The molecular weight excluding hydrogens is 743 g/mol. The molecule has 0 spiro atoms. The van der Waals surface area contributed by atoms with E-state index in [4.69, 9.17) is 0 Å². The van der Waals surface area contributed by atoms with Gasteiger partial charge in [0.2, 0.25) is 0 Å². The van der Waals surface area contributed by atoms with Crippen LogP contribution in [-0.4, -0.2) is 21.8 Å². The lowest BCUT2D eigenvalue weighted by Gasteiger charge is -2.23. The molecule has 1 aliphatic heterocycles. The van der Waals surface area contributed by atoms with E-state index in [9.17, 15) is 0 Å². The number of hydrogen-bond donors (Lipinski definition) is 0.